The highest BCUT2D eigenvalue weighted by Gasteiger charge is 2.12. The first-order valence-corrected chi connectivity index (χ1v) is 6.42. The van der Waals surface area contributed by atoms with Gasteiger partial charge in [0.05, 0.1) is 0 Å². The highest BCUT2D eigenvalue weighted by Crippen LogP contribution is 2.13. The Bertz CT molecular complexity index is 155. The van der Waals surface area contributed by atoms with E-state index in [1.54, 1.807) is 0 Å². The van der Waals surface area contributed by atoms with Crippen molar-refractivity contribution >= 4 is 0 Å². The molecule has 98 valence electrons. The smallest absolute Gasteiger partial charge is 0.0477 e. The molecule has 1 N–H and O–H groups in total. The summed E-state index contributed by atoms with van der Waals surface area (Å²) in [5.74, 6) is 0. The second kappa shape index (κ2) is 8.97. The van der Waals surface area contributed by atoms with Crippen molar-refractivity contribution in [3.8, 4) is 0 Å². The standard InChI is InChI=1S/C13H30N2O/c1-6-16-11-7-8-14-9-10-15(5)12-13(2,3)4/h14H,6-12H2,1-5H3. The van der Waals surface area contributed by atoms with E-state index in [1.807, 2.05) is 6.92 Å². The van der Waals surface area contributed by atoms with Crippen molar-refractivity contribution < 1.29 is 4.74 Å². The second-order valence-electron chi connectivity index (χ2n) is 5.60. The molecule has 0 amide bonds. The van der Waals surface area contributed by atoms with Gasteiger partial charge < -0.3 is 15.0 Å². The number of nitrogens with one attached hydrogen (secondary N) is 1. The minimum absolute atomic E-state index is 0.393. The number of hydrogen-bond acceptors (Lipinski definition) is 3. The predicted octanol–water partition coefficient (Wildman–Crippen LogP) is 1.98. The third-order valence-corrected chi connectivity index (χ3v) is 2.26. The van der Waals surface area contributed by atoms with E-state index in [2.05, 4.69) is 38.0 Å². The molecule has 0 radical (unpaired) electrons. The lowest BCUT2D eigenvalue weighted by Crippen LogP contribution is -2.35. The van der Waals surface area contributed by atoms with Crippen molar-refractivity contribution in [2.24, 2.45) is 5.41 Å². The lowest BCUT2D eigenvalue weighted by Gasteiger charge is -2.26. The molecule has 0 fully saturated rings. The summed E-state index contributed by atoms with van der Waals surface area (Å²) >= 11 is 0. The van der Waals surface area contributed by atoms with E-state index in [9.17, 15) is 0 Å². The van der Waals surface area contributed by atoms with Crippen molar-refractivity contribution in [3.63, 3.8) is 0 Å². The van der Waals surface area contributed by atoms with Crippen LogP contribution in [0.2, 0.25) is 0 Å². The molecular weight excluding hydrogens is 200 g/mol. The second-order valence-corrected chi connectivity index (χ2v) is 5.60. The Balaban J connectivity index is 3.25. The number of hydrogen-bond donors (Lipinski definition) is 1. The summed E-state index contributed by atoms with van der Waals surface area (Å²) in [6.07, 6.45) is 1.11. The highest BCUT2D eigenvalue weighted by atomic mass is 16.5. The molecule has 0 saturated heterocycles. The Labute approximate surface area is 102 Å². The van der Waals surface area contributed by atoms with Gasteiger partial charge in [-0.2, -0.15) is 0 Å². The van der Waals surface area contributed by atoms with Gasteiger partial charge in [-0.3, -0.25) is 0 Å². The monoisotopic (exact) mass is 230 g/mol. The predicted molar refractivity (Wildman–Crippen MR) is 70.9 cm³/mol. The largest absolute Gasteiger partial charge is 0.382 e. The van der Waals surface area contributed by atoms with E-state index in [1.165, 1.54) is 0 Å². The zero-order chi connectivity index (χ0) is 12.4. The van der Waals surface area contributed by atoms with Gasteiger partial charge in [0, 0.05) is 32.8 Å². The maximum Gasteiger partial charge on any atom is 0.0477 e. The molecule has 0 bridgehead atoms. The van der Waals surface area contributed by atoms with Gasteiger partial charge in [-0.25, -0.2) is 0 Å². The molecule has 0 spiro atoms. The van der Waals surface area contributed by atoms with E-state index in [0.29, 0.717) is 5.41 Å². The fourth-order valence-corrected chi connectivity index (χ4v) is 1.73. The van der Waals surface area contributed by atoms with E-state index < -0.39 is 0 Å². The summed E-state index contributed by atoms with van der Waals surface area (Å²) in [5, 5.41) is 3.44. The van der Waals surface area contributed by atoms with Gasteiger partial charge in [0.1, 0.15) is 0 Å². The molecule has 0 aliphatic carbocycles. The highest BCUT2D eigenvalue weighted by molar-refractivity contribution is 4.67. The van der Waals surface area contributed by atoms with Gasteiger partial charge in [-0.05, 0) is 32.4 Å². The topological polar surface area (TPSA) is 24.5 Å². The van der Waals surface area contributed by atoms with Crippen molar-refractivity contribution in [2.75, 3.05) is 46.4 Å². The van der Waals surface area contributed by atoms with Crippen LogP contribution in [0.15, 0.2) is 0 Å². The van der Waals surface area contributed by atoms with Gasteiger partial charge in [0.15, 0.2) is 0 Å². The molecule has 0 aliphatic heterocycles. The van der Waals surface area contributed by atoms with Gasteiger partial charge >= 0.3 is 0 Å². The maximum atomic E-state index is 5.28. The molecule has 0 atom stereocenters. The van der Waals surface area contributed by atoms with Gasteiger partial charge in [0.2, 0.25) is 0 Å². The first-order chi connectivity index (χ1) is 7.45. The number of ether oxygens (including phenoxy) is 1. The third-order valence-electron chi connectivity index (χ3n) is 2.26. The Morgan fingerprint density at radius 3 is 2.44 bits per heavy atom. The molecule has 0 heterocycles. The molecule has 3 nitrogen and oxygen atoms in total. The summed E-state index contributed by atoms with van der Waals surface area (Å²) in [7, 11) is 2.19. The Morgan fingerprint density at radius 1 is 1.19 bits per heavy atom. The third kappa shape index (κ3) is 12.0. The lowest BCUT2D eigenvalue weighted by atomic mass is 9.96. The number of likely N-dealkylation sites (N-methyl/N-ethyl adjacent to an activating group) is 1. The van der Waals surface area contributed by atoms with Gasteiger partial charge in [0.25, 0.3) is 0 Å². The Kier molecular flexibility index (Phi) is 8.90. The van der Waals surface area contributed by atoms with Gasteiger partial charge in [-0.15, -0.1) is 0 Å². The normalized spacial score (nSPS) is 12.4. The minimum Gasteiger partial charge on any atom is -0.382 e. The fourth-order valence-electron chi connectivity index (χ4n) is 1.73. The quantitative estimate of drug-likeness (QED) is 0.613. The van der Waals surface area contributed by atoms with Crippen LogP contribution in [0.5, 0.6) is 0 Å². The van der Waals surface area contributed by atoms with Crippen LogP contribution in [0, 0.1) is 5.41 Å². The molecule has 0 rings (SSSR count). The molecule has 16 heavy (non-hydrogen) atoms. The minimum atomic E-state index is 0.393. The number of rotatable bonds is 9. The molecular formula is C13H30N2O. The summed E-state index contributed by atoms with van der Waals surface area (Å²) in [4.78, 5) is 2.38. The van der Waals surface area contributed by atoms with Crippen LogP contribution < -0.4 is 5.32 Å². The Hall–Kier alpha value is -0.120. The molecule has 0 aromatic carbocycles. The van der Waals surface area contributed by atoms with Crippen LogP contribution in [0.3, 0.4) is 0 Å². The lowest BCUT2D eigenvalue weighted by molar-refractivity contribution is 0.144. The summed E-state index contributed by atoms with van der Waals surface area (Å²) in [6.45, 7) is 15.0. The van der Waals surface area contributed by atoms with Crippen molar-refractivity contribution in [2.45, 2.75) is 34.1 Å². The average molecular weight is 230 g/mol. The molecule has 0 unspecified atom stereocenters. The van der Waals surface area contributed by atoms with E-state index >= 15 is 0 Å². The van der Waals surface area contributed by atoms with Crippen LogP contribution in [0.1, 0.15) is 34.1 Å². The van der Waals surface area contributed by atoms with Crippen LogP contribution in [-0.2, 0) is 4.74 Å². The molecule has 0 aliphatic rings. The van der Waals surface area contributed by atoms with Crippen LogP contribution in [-0.4, -0.2) is 51.3 Å². The summed E-state index contributed by atoms with van der Waals surface area (Å²) in [6, 6.07) is 0. The van der Waals surface area contributed by atoms with E-state index in [0.717, 1.165) is 45.8 Å². The molecule has 0 aromatic rings. The zero-order valence-corrected chi connectivity index (χ0v) is 11.8. The van der Waals surface area contributed by atoms with Crippen molar-refractivity contribution in [1.82, 2.24) is 10.2 Å². The van der Waals surface area contributed by atoms with Crippen LogP contribution in [0.25, 0.3) is 0 Å². The Morgan fingerprint density at radius 2 is 1.88 bits per heavy atom. The van der Waals surface area contributed by atoms with Crippen LogP contribution in [0.4, 0.5) is 0 Å². The summed E-state index contributed by atoms with van der Waals surface area (Å²) in [5.41, 5.74) is 0.393. The average Bonchev–Trinajstić information content (AvgIpc) is 2.13. The van der Waals surface area contributed by atoms with Crippen molar-refractivity contribution in [1.29, 1.82) is 0 Å². The first kappa shape index (κ1) is 15.9. The molecule has 0 saturated carbocycles. The summed E-state index contributed by atoms with van der Waals surface area (Å²) < 4.78 is 5.28. The first-order valence-electron chi connectivity index (χ1n) is 6.42. The molecule has 3 heteroatoms. The van der Waals surface area contributed by atoms with Crippen molar-refractivity contribution in [3.05, 3.63) is 0 Å². The fraction of sp³-hybridized carbons (Fsp3) is 1.00. The number of nitrogens with zero attached hydrogens (tertiary/aromatic N) is 1. The maximum absolute atomic E-state index is 5.28. The van der Waals surface area contributed by atoms with Crippen LogP contribution >= 0.6 is 0 Å². The van der Waals surface area contributed by atoms with E-state index in [-0.39, 0.29) is 0 Å². The SMILES string of the molecule is CCOCCCNCCN(C)CC(C)(C)C. The van der Waals surface area contributed by atoms with Gasteiger partial charge in [-0.1, -0.05) is 20.8 Å². The molecule has 0 aromatic heterocycles. The zero-order valence-electron chi connectivity index (χ0n) is 11.8. The van der Waals surface area contributed by atoms with E-state index in [4.69, 9.17) is 4.74 Å².